The molecule has 0 aliphatic heterocycles. The Labute approximate surface area is 98.1 Å². The van der Waals surface area contributed by atoms with Crippen LogP contribution in [0.4, 0.5) is 0 Å². The summed E-state index contributed by atoms with van der Waals surface area (Å²) in [6.07, 6.45) is 1.68. The fourth-order valence-electron chi connectivity index (χ4n) is 1.25. The lowest BCUT2D eigenvalue weighted by molar-refractivity contribution is 0.300. The number of pyridine rings is 1. The first-order valence-corrected chi connectivity index (χ1v) is 5.84. The monoisotopic (exact) mass is 235 g/mol. The molecular weight excluding hydrogens is 222 g/mol. The standard InChI is InChI=1S/C11H13N3OS/c1-8-14-10(7-16-8)6-15-11-3-2-9(4-12)13-5-11/h2-3,5,7H,4,6,12H2,1H3. The Hall–Kier alpha value is -1.46. The first kappa shape index (κ1) is 11.0. The average molecular weight is 235 g/mol. The van der Waals surface area contributed by atoms with Crippen LogP contribution in [-0.4, -0.2) is 9.97 Å². The van der Waals surface area contributed by atoms with Gasteiger partial charge >= 0.3 is 0 Å². The van der Waals surface area contributed by atoms with Crippen LogP contribution in [0.1, 0.15) is 16.4 Å². The molecule has 2 aromatic heterocycles. The van der Waals surface area contributed by atoms with Gasteiger partial charge in [0.2, 0.25) is 0 Å². The SMILES string of the molecule is Cc1nc(COc2ccc(CN)nc2)cs1. The van der Waals surface area contributed by atoms with Crippen molar-refractivity contribution in [1.82, 2.24) is 9.97 Å². The zero-order valence-electron chi connectivity index (χ0n) is 9.01. The number of aryl methyl sites for hydroxylation is 1. The van der Waals surface area contributed by atoms with Crippen LogP contribution in [-0.2, 0) is 13.2 Å². The highest BCUT2D eigenvalue weighted by atomic mass is 32.1. The van der Waals surface area contributed by atoms with E-state index in [2.05, 4.69) is 9.97 Å². The molecule has 5 heteroatoms. The molecule has 16 heavy (non-hydrogen) atoms. The number of nitrogens with two attached hydrogens (primary N) is 1. The first-order valence-electron chi connectivity index (χ1n) is 4.97. The summed E-state index contributed by atoms with van der Waals surface area (Å²) >= 11 is 1.62. The number of nitrogens with zero attached hydrogens (tertiary/aromatic N) is 2. The van der Waals surface area contributed by atoms with Crippen LogP contribution in [0.15, 0.2) is 23.7 Å². The van der Waals surface area contributed by atoms with Gasteiger partial charge < -0.3 is 10.5 Å². The van der Waals surface area contributed by atoms with E-state index < -0.39 is 0 Å². The molecule has 0 saturated heterocycles. The summed E-state index contributed by atoms with van der Waals surface area (Å²) in [7, 11) is 0. The third kappa shape index (κ3) is 2.77. The minimum Gasteiger partial charge on any atom is -0.486 e. The molecule has 4 nitrogen and oxygen atoms in total. The molecule has 0 fully saturated rings. The van der Waals surface area contributed by atoms with Crippen molar-refractivity contribution in [2.45, 2.75) is 20.1 Å². The topological polar surface area (TPSA) is 61.0 Å². The van der Waals surface area contributed by atoms with Gasteiger partial charge in [0.15, 0.2) is 0 Å². The largest absolute Gasteiger partial charge is 0.486 e. The predicted molar refractivity (Wildman–Crippen MR) is 63.3 cm³/mol. The van der Waals surface area contributed by atoms with E-state index in [4.69, 9.17) is 10.5 Å². The second kappa shape index (κ2) is 5.05. The van der Waals surface area contributed by atoms with Crippen LogP contribution < -0.4 is 10.5 Å². The minimum absolute atomic E-state index is 0.450. The number of rotatable bonds is 4. The van der Waals surface area contributed by atoms with Crippen molar-refractivity contribution in [3.8, 4) is 5.75 Å². The van der Waals surface area contributed by atoms with E-state index in [1.54, 1.807) is 17.5 Å². The summed E-state index contributed by atoms with van der Waals surface area (Å²) < 4.78 is 5.55. The number of hydrogen-bond donors (Lipinski definition) is 1. The van der Waals surface area contributed by atoms with Gasteiger partial charge in [-0.15, -0.1) is 11.3 Å². The molecule has 0 aliphatic carbocycles. The van der Waals surface area contributed by atoms with Gasteiger partial charge in [-0.05, 0) is 19.1 Å². The molecule has 84 valence electrons. The zero-order valence-corrected chi connectivity index (χ0v) is 9.83. The van der Waals surface area contributed by atoms with E-state index in [-0.39, 0.29) is 0 Å². The fourth-order valence-corrected chi connectivity index (χ4v) is 1.85. The summed E-state index contributed by atoms with van der Waals surface area (Å²) in [4.78, 5) is 8.46. The highest BCUT2D eigenvalue weighted by Gasteiger charge is 2.00. The molecule has 0 aliphatic rings. The van der Waals surface area contributed by atoms with Crippen LogP contribution in [0.2, 0.25) is 0 Å². The fraction of sp³-hybridized carbons (Fsp3) is 0.273. The van der Waals surface area contributed by atoms with E-state index in [1.807, 2.05) is 24.4 Å². The summed E-state index contributed by atoms with van der Waals surface area (Å²) in [5.74, 6) is 0.739. The molecule has 0 amide bonds. The van der Waals surface area contributed by atoms with Crippen LogP contribution in [0.5, 0.6) is 5.75 Å². The van der Waals surface area contributed by atoms with Crippen molar-refractivity contribution in [3.05, 3.63) is 40.1 Å². The van der Waals surface area contributed by atoms with Crippen LogP contribution in [0.3, 0.4) is 0 Å². The Morgan fingerprint density at radius 3 is 2.81 bits per heavy atom. The maximum absolute atomic E-state index is 5.55. The van der Waals surface area contributed by atoms with E-state index >= 15 is 0 Å². The van der Waals surface area contributed by atoms with Gasteiger partial charge in [0.1, 0.15) is 12.4 Å². The summed E-state index contributed by atoms with van der Waals surface area (Å²) in [5.41, 5.74) is 7.26. The van der Waals surface area contributed by atoms with Crippen molar-refractivity contribution in [3.63, 3.8) is 0 Å². The third-order valence-corrected chi connectivity index (χ3v) is 2.88. The normalized spacial score (nSPS) is 10.4. The molecule has 0 unspecified atom stereocenters. The summed E-state index contributed by atoms with van der Waals surface area (Å²) in [5, 5.41) is 3.05. The maximum Gasteiger partial charge on any atom is 0.138 e. The lowest BCUT2D eigenvalue weighted by Gasteiger charge is -2.04. The molecule has 2 heterocycles. The minimum atomic E-state index is 0.450. The van der Waals surface area contributed by atoms with Gasteiger partial charge in [0, 0.05) is 11.9 Å². The van der Waals surface area contributed by atoms with Crippen molar-refractivity contribution >= 4 is 11.3 Å². The van der Waals surface area contributed by atoms with Gasteiger partial charge in [0.25, 0.3) is 0 Å². The van der Waals surface area contributed by atoms with Crippen LogP contribution in [0.25, 0.3) is 0 Å². The molecule has 0 radical (unpaired) electrons. The average Bonchev–Trinajstić information content (AvgIpc) is 2.73. The predicted octanol–water partition coefficient (Wildman–Crippen LogP) is 1.88. The van der Waals surface area contributed by atoms with Crippen molar-refractivity contribution in [2.24, 2.45) is 5.73 Å². The second-order valence-electron chi connectivity index (χ2n) is 3.34. The molecule has 0 aromatic carbocycles. The molecule has 0 spiro atoms. The Kier molecular flexibility index (Phi) is 3.48. The molecule has 0 saturated carbocycles. The highest BCUT2D eigenvalue weighted by molar-refractivity contribution is 7.09. The molecule has 2 aromatic rings. The first-order chi connectivity index (χ1) is 7.78. The molecule has 0 atom stereocenters. The van der Waals surface area contributed by atoms with Crippen molar-refractivity contribution < 1.29 is 4.74 Å². The lowest BCUT2D eigenvalue weighted by atomic mass is 10.3. The number of aromatic nitrogens is 2. The molecule has 0 bridgehead atoms. The van der Waals surface area contributed by atoms with Crippen molar-refractivity contribution in [1.29, 1.82) is 0 Å². The Balaban J connectivity index is 1.94. The second-order valence-corrected chi connectivity index (χ2v) is 4.40. The quantitative estimate of drug-likeness (QED) is 0.879. The van der Waals surface area contributed by atoms with Crippen LogP contribution in [0, 0.1) is 6.92 Å². The van der Waals surface area contributed by atoms with E-state index in [9.17, 15) is 0 Å². The smallest absolute Gasteiger partial charge is 0.138 e. The third-order valence-electron chi connectivity index (χ3n) is 2.06. The Morgan fingerprint density at radius 1 is 1.38 bits per heavy atom. The Bertz CT molecular complexity index is 453. The Morgan fingerprint density at radius 2 is 2.25 bits per heavy atom. The van der Waals surface area contributed by atoms with E-state index in [0.29, 0.717) is 13.2 Å². The summed E-state index contributed by atoms with van der Waals surface area (Å²) in [6.45, 7) is 2.91. The van der Waals surface area contributed by atoms with Crippen LogP contribution >= 0.6 is 11.3 Å². The zero-order chi connectivity index (χ0) is 11.4. The van der Waals surface area contributed by atoms with Gasteiger partial charge in [-0.1, -0.05) is 0 Å². The van der Waals surface area contributed by atoms with E-state index in [0.717, 1.165) is 22.1 Å². The molecule has 2 N–H and O–H groups in total. The van der Waals surface area contributed by atoms with Gasteiger partial charge in [-0.3, -0.25) is 4.98 Å². The number of hydrogen-bond acceptors (Lipinski definition) is 5. The maximum atomic E-state index is 5.55. The molecular formula is C11H13N3OS. The van der Waals surface area contributed by atoms with E-state index in [1.165, 1.54) is 0 Å². The lowest BCUT2D eigenvalue weighted by Crippen LogP contribution is -2.00. The van der Waals surface area contributed by atoms with Crippen molar-refractivity contribution in [2.75, 3.05) is 0 Å². The number of thiazole rings is 1. The van der Waals surface area contributed by atoms with Gasteiger partial charge in [-0.2, -0.15) is 0 Å². The molecule has 2 rings (SSSR count). The summed E-state index contributed by atoms with van der Waals surface area (Å²) in [6, 6.07) is 3.73. The highest BCUT2D eigenvalue weighted by Crippen LogP contribution is 2.13. The van der Waals surface area contributed by atoms with Gasteiger partial charge in [-0.25, -0.2) is 4.98 Å². The van der Waals surface area contributed by atoms with Gasteiger partial charge in [0.05, 0.1) is 22.6 Å². The number of ether oxygens (including phenoxy) is 1.